The van der Waals surface area contributed by atoms with E-state index < -0.39 is 6.61 Å². The maximum Gasteiger partial charge on any atom is 0.387 e. The number of fused-ring (bicyclic) bond motifs is 2. The molecule has 1 aliphatic rings. The number of rotatable bonds is 6. The molecule has 5 rings (SSSR count). The molecule has 8 heteroatoms. The standard InChI is InChI=1S/C22H19F2N5O/c23-22(24)30-19-7-5-15(6-8-19)21-27-26-20-12-25-11-18(29(20)21)9-10-28-13-16-3-1-2-4-17(16)14-28/h1-8,11-12,22H,9-10,13-14H2. The van der Waals surface area contributed by atoms with Gasteiger partial charge in [-0.2, -0.15) is 8.78 Å². The lowest BCUT2D eigenvalue weighted by Crippen LogP contribution is -2.20. The van der Waals surface area contributed by atoms with Crippen LogP contribution in [-0.4, -0.2) is 37.6 Å². The maximum atomic E-state index is 12.4. The smallest absolute Gasteiger partial charge is 0.387 e. The van der Waals surface area contributed by atoms with Crippen LogP contribution in [0.1, 0.15) is 16.8 Å². The van der Waals surface area contributed by atoms with E-state index in [1.54, 1.807) is 18.3 Å². The van der Waals surface area contributed by atoms with Crippen molar-refractivity contribution in [2.75, 3.05) is 6.54 Å². The molecule has 0 saturated heterocycles. The van der Waals surface area contributed by atoms with Crippen LogP contribution in [0.5, 0.6) is 5.75 Å². The van der Waals surface area contributed by atoms with E-state index in [4.69, 9.17) is 0 Å². The van der Waals surface area contributed by atoms with Crippen molar-refractivity contribution in [2.45, 2.75) is 26.1 Å². The minimum absolute atomic E-state index is 0.109. The highest BCUT2D eigenvalue weighted by molar-refractivity contribution is 5.60. The quantitative estimate of drug-likeness (QED) is 0.484. The number of halogens is 2. The van der Waals surface area contributed by atoms with Crippen molar-refractivity contribution in [2.24, 2.45) is 0 Å². The van der Waals surface area contributed by atoms with Gasteiger partial charge in [-0.25, -0.2) is 0 Å². The molecular weight excluding hydrogens is 388 g/mol. The van der Waals surface area contributed by atoms with E-state index in [1.165, 1.54) is 23.3 Å². The highest BCUT2D eigenvalue weighted by Gasteiger charge is 2.19. The zero-order valence-electron chi connectivity index (χ0n) is 16.1. The molecule has 2 aromatic heterocycles. The number of hydrogen-bond acceptors (Lipinski definition) is 5. The van der Waals surface area contributed by atoms with E-state index in [0.29, 0.717) is 11.5 Å². The van der Waals surface area contributed by atoms with Crippen molar-refractivity contribution in [1.82, 2.24) is 24.5 Å². The van der Waals surface area contributed by atoms with Crippen LogP contribution < -0.4 is 4.74 Å². The average molecular weight is 407 g/mol. The molecule has 1 aliphatic heterocycles. The van der Waals surface area contributed by atoms with Gasteiger partial charge >= 0.3 is 6.61 Å². The predicted molar refractivity (Wildman–Crippen MR) is 107 cm³/mol. The second kappa shape index (κ2) is 7.79. The predicted octanol–water partition coefficient (Wildman–Crippen LogP) is 3.95. The lowest BCUT2D eigenvalue weighted by molar-refractivity contribution is -0.0498. The molecule has 6 nitrogen and oxygen atoms in total. The van der Waals surface area contributed by atoms with Crippen LogP contribution in [0.2, 0.25) is 0 Å². The Kier molecular flexibility index (Phi) is 4.84. The van der Waals surface area contributed by atoms with Gasteiger partial charge in [-0.05, 0) is 35.4 Å². The molecule has 3 heterocycles. The summed E-state index contributed by atoms with van der Waals surface area (Å²) in [4.78, 5) is 6.71. The molecule has 0 amide bonds. The van der Waals surface area contributed by atoms with Crippen LogP contribution in [0.25, 0.3) is 17.0 Å². The van der Waals surface area contributed by atoms with Crippen LogP contribution >= 0.6 is 0 Å². The Labute approximate surface area is 171 Å². The van der Waals surface area contributed by atoms with Crippen molar-refractivity contribution in [3.8, 4) is 17.1 Å². The number of nitrogens with zero attached hydrogens (tertiary/aromatic N) is 5. The summed E-state index contributed by atoms with van der Waals surface area (Å²) in [5, 5.41) is 8.52. The maximum absolute atomic E-state index is 12.4. The molecule has 4 aromatic rings. The largest absolute Gasteiger partial charge is 0.435 e. The first-order valence-corrected chi connectivity index (χ1v) is 9.70. The Morgan fingerprint density at radius 1 is 0.933 bits per heavy atom. The molecule has 0 radical (unpaired) electrons. The van der Waals surface area contributed by atoms with E-state index in [9.17, 15) is 8.78 Å². The van der Waals surface area contributed by atoms with E-state index in [-0.39, 0.29) is 5.75 Å². The summed E-state index contributed by atoms with van der Waals surface area (Å²) in [6.07, 6.45) is 4.28. The first-order chi connectivity index (χ1) is 14.7. The molecule has 0 spiro atoms. The van der Waals surface area contributed by atoms with E-state index >= 15 is 0 Å². The van der Waals surface area contributed by atoms with Crippen LogP contribution in [0.3, 0.4) is 0 Å². The average Bonchev–Trinajstić information content (AvgIpc) is 3.36. The summed E-state index contributed by atoms with van der Waals surface area (Å²) in [6, 6.07) is 14.9. The molecule has 30 heavy (non-hydrogen) atoms. The van der Waals surface area contributed by atoms with Gasteiger partial charge in [0, 0.05) is 43.5 Å². The summed E-state index contributed by atoms with van der Waals surface area (Å²) >= 11 is 0. The normalized spacial score (nSPS) is 13.8. The molecule has 152 valence electrons. The van der Waals surface area contributed by atoms with Crippen LogP contribution in [0.15, 0.2) is 60.9 Å². The molecule has 0 bridgehead atoms. The third-order valence-electron chi connectivity index (χ3n) is 5.32. The van der Waals surface area contributed by atoms with Gasteiger partial charge in [0.2, 0.25) is 0 Å². The fourth-order valence-corrected chi connectivity index (χ4v) is 3.89. The molecule has 0 fully saturated rings. The molecule has 0 N–H and O–H groups in total. The number of benzene rings is 2. The second-order valence-electron chi connectivity index (χ2n) is 7.25. The summed E-state index contributed by atoms with van der Waals surface area (Å²) in [7, 11) is 0. The number of hydrogen-bond donors (Lipinski definition) is 0. The third kappa shape index (κ3) is 3.61. The van der Waals surface area contributed by atoms with E-state index in [1.807, 2.05) is 10.6 Å². The van der Waals surface area contributed by atoms with Gasteiger partial charge < -0.3 is 4.74 Å². The monoisotopic (exact) mass is 407 g/mol. The van der Waals surface area contributed by atoms with Crippen molar-refractivity contribution < 1.29 is 13.5 Å². The van der Waals surface area contributed by atoms with Gasteiger partial charge in [0.1, 0.15) is 5.75 Å². The van der Waals surface area contributed by atoms with Crippen molar-refractivity contribution in [1.29, 1.82) is 0 Å². The van der Waals surface area contributed by atoms with Gasteiger partial charge in [0.05, 0.1) is 6.20 Å². The van der Waals surface area contributed by atoms with Crippen LogP contribution in [0, 0.1) is 0 Å². The van der Waals surface area contributed by atoms with Crippen LogP contribution in [0.4, 0.5) is 8.78 Å². The Morgan fingerprint density at radius 3 is 2.37 bits per heavy atom. The number of aromatic nitrogens is 4. The molecule has 2 aromatic carbocycles. The van der Waals surface area contributed by atoms with Crippen molar-refractivity contribution in [3.63, 3.8) is 0 Å². The summed E-state index contributed by atoms with van der Waals surface area (Å²) in [6.45, 7) is -0.0755. The molecule has 0 atom stereocenters. The van der Waals surface area contributed by atoms with Crippen molar-refractivity contribution >= 4 is 5.65 Å². The van der Waals surface area contributed by atoms with Crippen molar-refractivity contribution in [3.05, 3.63) is 77.7 Å². The summed E-state index contributed by atoms with van der Waals surface area (Å²) in [5.74, 6) is 0.758. The molecular formula is C22H19F2N5O. The summed E-state index contributed by atoms with van der Waals surface area (Å²) in [5.41, 5.74) is 5.18. The topological polar surface area (TPSA) is 55.6 Å². The Hall–Kier alpha value is -3.39. The second-order valence-corrected chi connectivity index (χ2v) is 7.25. The first-order valence-electron chi connectivity index (χ1n) is 9.70. The fourth-order valence-electron chi connectivity index (χ4n) is 3.89. The third-order valence-corrected chi connectivity index (χ3v) is 5.32. The molecule has 0 saturated carbocycles. The lowest BCUT2D eigenvalue weighted by Gasteiger charge is -2.15. The SMILES string of the molecule is FC(F)Oc1ccc(-c2nnc3cncc(CCN4Cc5ccccc5C4)n23)cc1. The van der Waals surface area contributed by atoms with Gasteiger partial charge in [0.15, 0.2) is 11.5 Å². The Balaban J connectivity index is 1.38. The minimum Gasteiger partial charge on any atom is -0.435 e. The Bertz CT molecular complexity index is 1150. The number of ether oxygens (including phenoxy) is 1. The van der Waals surface area contributed by atoms with Gasteiger partial charge in [-0.1, -0.05) is 24.3 Å². The van der Waals surface area contributed by atoms with E-state index in [2.05, 4.69) is 49.1 Å². The highest BCUT2D eigenvalue weighted by atomic mass is 19.3. The number of alkyl halides is 2. The molecule has 0 unspecified atom stereocenters. The molecule has 0 aliphatic carbocycles. The first kappa shape index (κ1) is 18.6. The Morgan fingerprint density at radius 2 is 1.67 bits per heavy atom. The van der Waals surface area contributed by atoms with E-state index in [0.717, 1.165) is 37.3 Å². The van der Waals surface area contributed by atoms with Gasteiger partial charge in [0.25, 0.3) is 0 Å². The van der Waals surface area contributed by atoms with Crippen LogP contribution in [-0.2, 0) is 19.5 Å². The summed E-state index contributed by atoms with van der Waals surface area (Å²) < 4.78 is 31.2. The fraction of sp³-hybridized carbons (Fsp3) is 0.227. The van der Waals surface area contributed by atoms with Gasteiger partial charge in [-0.3, -0.25) is 14.3 Å². The van der Waals surface area contributed by atoms with Gasteiger partial charge in [-0.15, -0.1) is 10.2 Å². The lowest BCUT2D eigenvalue weighted by atomic mass is 10.1. The highest BCUT2D eigenvalue weighted by Crippen LogP contribution is 2.25. The zero-order valence-corrected chi connectivity index (χ0v) is 16.1. The zero-order chi connectivity index (χ0) is 20.5. The minimum atomic E-state index is -2.85.